The van der Waals surface area contributed by atoms with E-state index in [1.807, 2.05) is 4.68 Å². The Hall–Kier alpha value is -2.14. The van der Waals surface area contributed by atoms with Crippen LogP contribution in [0.1, 0.15) is 43.0 Å². The van der Waals surface area contributed by atoms with Gasteiger partial charge in [-0.3, -0.25) is 4.99 Å². The van der Waals surface area contributed by atoms with Gasteiger partial charge in [0.05, 0.1) is 6.54 Å². The maximum Gasteiger partial charge on any atom is 0.191 e. The number of para-hydroxylation sites is 1. The number of nitrogens with zero attached hydrogens (tertiary/aromatic N) is 4. The maximum absolute atomic E-state index is 5.16. The van der Waals surface area contributed by atoms with Crippen molar-refractivity contribution in [2.45, 2.75) is 58.7 Å². The molecule has 0 spiro atoms. The topological polar surface area (TPSA) is 92.2 Å². The highest BCUT2D eigenvalue weighted by molar-refractivity contribution is 14.0. The van der Waals surface area contributed by atoms with E-state index in [9.17, 15) is 0 Å². The molecule has 1 aliphatic heterocycles. The third-order valence-corrected chi connectivity index (χ3v) is 5.78. The number of nitrogens with one attached hydrogen (secondary N) is 3. The zero-order chi connectivity index (χ0) is 21.6. The molecule has 0 fully saturated rings. The van der Waals surface area contributed by atoms with Gasteiger partial charge in [0, 0.05) is 49.8 Å². The second kappa shape index (κ2) is 11.6. The molecule has 0 saturated carbocycles. The van der Waals surface area contributed by atoms with E-state index in [0.29, 0.717) is 6.61 Å². The van der Waals surface area contributed by atoms with Crippen molar-refractivity contribution in [2.75, 3.05) is 20.2 Å². The van der Waals surface area contributed by atoms with Gasteiger partial charge in [0.2, 0.25) is 0 Å². The van der Waals surface area contributed by atoms with Gasteiger partial charge < -0.3 is 20.4 Å². The predicted octanol–water partition coefficient (Wildman–Crippen LogP) is 3.20. The zero-order valence-corrected chi connectivity index (χ0v) is 21.5. The molecule has 8 nitrogen and oxygen atoms in total. The molecule has 1 aliphatic rings. The van der Waals surface area contributed by atoms with E-state index in [1.54, 1.807) is 7.11 Å². The van der Waals surface area contributed by atoms with Crippen LogP contribution in [0.25, 0.3) is 10.9 Å². The van der Waals surface area contributed by atoms with Gasteiger partial charge in [0.15, 0.2) is 11.8 Å². The first-order valence-corrected chi connectivity index (χ1v) is 11.3. The number of fused-ring (bicyclic) bond motifs is 2. The number of H-pyrrole nitrogens is 1. The van der Waals surface area contributed by atoms with Crippen molar-refractivity contribution in [3.05, 3.63) is 47.2 Å². The molecule has 1 atom stereocenters. The number of benzene rings is 1. The van der Waals surface area contributed by atoms with Crippen LogP contribution in [0.3, 0.4) is 0 Å². The first kappa shape index (κ1) is 24.5. The van der Waals surface area contributed by atoms with Gasteiger partial charge >= 0.3 is 0 Å². The van der Waals surface area contributed by atoms with Crippen LogP contribution in [0, 0.1) is 0 Å². The molecular weight excluding hydrogens is 517 g/mol. The number of ether oxygens (including phenoxy) is 1. The summed E-state index contributed by atoms with van der Waals surface area (Å²) in [6.45, 7) is 7.10. The van der Waals surface area contributed by atoms with Gasteiger partial charge in [0.25, 0.3) is 0 Å². The summed E-state index contributed by atoms with van der Waals surface area (Å²) in [6.07, 6.45) is 5.99. The van der Waals surface area contributed by atoms with Gasteiger partial charge in [-0.25, -0.2) is 9.67 Å². The molecule has 1 unspecified atom stereocenters. The first-order valence-electron chi connectivity index (χ1n) is 11.3. The lowest BCUT2D eigenvalue weighted by Crippen LogP contribution is -2.47. The fourth-order valence-electron chi connectivity index (χ4n) is 4.25. The minimum Gasteiger partial charge on any atom is -0.377 e. The van der Waals surface area contributed by atoms with E-state index in [4.69, 9.17) is 9.73 Å². The molecule has 32 heavy (non-hydrogen) atoms. The Balaban J connectivity index is 0.00000289. The summed E-state index contributed by atoms with van der Waals surface area (Å²) >= 11 is 0. The van der Waals surface area contributed by atoms with Crippen molar-refractivity contribution in [2.24, 2.45) is 4.99 Å². The molecule has 9 heteroatoms. The number of aromatic amines is 1. The molecule has 3 N–H and O–H groups in total. The second-order valence-electron chi connectivity index (χ2n) is 7.96. The normalized spacial score (nSPS) is 16.0. The summed E-state index contributed by atoms with van der Waals surface area (Å²) in [5.74, 6) is 2.66. The molecule has 0 aliphatic carbocycles. The lowest BCUT2D eigenvalue weighted by molar-refractivity contribution is 0.177. The van der Waals surface area contributed by atoms with E-state index < -0.39 is 0 Å². The van der Waals surface area contributed by atoms with Crippen LogP contribution >= 0.6 is 24.0 Å². The minimum absolute atomic E-state index is 0. The smallest absolute Gasteiger partial charge is 0.191 e. The molecule has 4 rings (SSSR count). The van der Waals surface area contributed by atoms with Gasteiger partial charge in [-0.05, 0) is 37.3 Å². The van der Waals surface area contributed by atoms with Crippen molar-refractivity contribution < 1.29 is 4.74 Å². The van der Waals surface area contributed by atoms with Crippen molar-refractivity contribution in [1.29, 1.82) is 0 Å². The summed E-state index contributed by atoms with van der Waals surface area (Å²) in [4.78, 5) is 12.8. The molecule has 174 valence electrons. The number of guanidine groups is 1. The number of rotatable bonds is 8. The van der Waals surface area contributed by atoms with Crippen LogP contribution in [0.5, 0.6) is 0 Å². The average molecular weight is 551 g/mol. The number of halogens is 1. The van der Waals surface area contributed by atoms with Crippen molar-refractivity contribution in [1.82, 2.24) is 30.4 Å². The van der Waals surface area contributed by atoms with Gasteiger partial charge in [-0.1, -0.05) is 25.1 Å². The highest BCUT2D eigenvalue weighted by Crippen LogP contribution is 2.22. The Morgan fingerprint density at radius 2 is 2.19 bits per heavy atom. The van der Waals surface area contributed by atoms with Gasteiger partial charge in [-0.15, -0.1) is 24.0 Å². The Bertz CT molecular complexity index is 1040. The number of aromatic nitrogens is 4. The van der Waals surface area contributed by atoms with Crippen LogP contribution in [0.2, 0.25) is 0 Å². The number of hydrogen-bond donors (Lipinski definition) is 3. The monoisotopic (exact) mass is 551 g/mol. The Morgan fingerprint density at radius 1 is 1.31 bits per heavy atom. The SMILES string of the molecule is CCNC(=NCCc1c[nH]c2c(CC)cccc12)NC1CCc2nc(COC)nn2C1.I. The Labute approximate surface area is 206 Å². The first-order chi connectivity index (χ1) is 15.2. The summed E-state index contributed by atoms with van der Waals surface area (Å²) < 4.78 is 7.15. The lowest BCUT2D eigenvalue weighted by atomic mass is 10.1. The molecule has 0 amide bonds. The van der Waals surface area contributed by atoms with Crippen molar-refractivity contribution in [3.8, 4) is 0 Å². The highest BCUT2D eigenvalue weighted by atomic mass is 127. The average Bonchev–Trinajstić information content (AvgIpc) is 3.37. The Morgan fingerprint density at radius 3 is 2.97 bits per heavy atom. The number of aliphatic imine (C=N–C) groups is 1. The lowest BCUT2D eigenvalue weighted by Gasteiger charge is -2.25. The van der Waals surface area contributed by atoms with Crippen molar-refractivity contribution >= 4 is 40.8 Å². The van der Waals surface area contributed by atoms with Crippen LogP contribution in [-0.2, 0) is 37.2 Å². The van der Waals surface area contributed by atoms with Crippen LogP contribution < -0.4 is 10.6 Å². The molecule has 0 radical (unpaired) electrons. The van der Waals surface area contributed by atoms with Crippen molar-refractivity contribution in [3.63, 3.8) is 0 Å². The molecule has 1 aromatic carbocycles. The molecule has 2 aromatic heterocycles. The second-order valence-corrected chi connectivity index (χ2v) is 7.96. The molecule has 3 heterocycles. The fourth-order valence-corrected chi connectivity index (χ4v) is 4.25. The van der Waals surface area contributed by atoms with E-state index in [0.717, 1.165) is 62.9 Å². The maximum atomic E-state index is 5.16. The van der Waals surface area contributed by atoms with E-state index in [1.165, 1.54) is 22.0 Å². The summed E-state index contributed by atoms with van der Waals surface area (Å²) in [6, 6.07) is 6.81. The summed E-state index contributed by atoms with van der Waals surface area (Å²) in [5, 5.41) is 12.8. The Kier molecular flexibility index (Phi) is 8.92. The van der Waals surface area contributed by atoms with Crippen LogP contribution in [0.4, 0.5) is 0 Å². The van der Waals surface area contributed by atoms with Crippen LogP contribution in [-0.4, -0.2) is 51.9 Å². The third kappa shape index (κ3) is 5.61. The largest absolute Gasteiger partial charge is 0.377 e. The standard InChI is InChI=1S/C23H33N7O.HI/c1-4-16-7-6-8-19-17(13-26-22(16)19)11-12-25-23(24-5-2)27-18-9-10-21-28-20(15-31-3)29-30(21)14-18;/h6-8,13,18,26H,4-5,9-12,14-15H2,1-3H3,(H2,24,25,27);1H. The quantitative estimate of drug-likeness (QED) is 0.227. The molecular formula is C23H34IN7O. The minimum atomic E-state index is 0. The fraction of sp³-hybridized carbons (Fsp3) is 0.522. The van der Waals surface area contributed by atoms with Gasteiger partial charge in [-0.2, -0.15) is 5.10 Å². The number of methoxy groups -OCH3 is 1. The van der Waals surface area contributed by atoms with E-state index >= 15 is 0 Å². The number of hydrogen-bond acceptors (Lipinski definition) is 4. The number of aryl methyl sites for hydroxylation is 2. The molecule has 0 saturated heterocycles. The predicted molar refractivity (Wildman–Crippen MR) is 139 cm³/mol. The van der Waals surface area contributed by atoms with Crippen LogP contribution in [0.15, 0.2) is 29.4 Å². The molecule has 0 bridgehead atoms. The highest BCUT2D eigenvalue weighted by Gasteiger charge is 2.22. The molecule has 3 aromatic rings. The third-order valence-electron chi connectivity index (χ3n) is 5.78. The zero-order valence-electron chi connectivity index (χ0n) is 19.1. The van der Waals surface area contributed by atoms with Gasteiger partial charge in [0.1, 0.15) is 12.4 Å². The summed E-state index contributed by atoms with van der Waals surface area (Å²) in [5.41, 5.74) is 3.94. The van der Waals surface area contributed by atoms with E-state index in [2.05, 4.69) is 63.9 Å². The van der Waals surface area contributed by atoms with E-state index in [-0.39, 0.29) is 30.0 Å². The summed E-state index contributed by atoms with van der Waals surface area (Å²) in [7, 11) is 1.67.